The van der Waals surface area contributed by atoms with Crippen molar-refractivity contribution >= 4 is 11.8 Å². The van der Waals surface area contributed by atoms with Gasteiger partial charge in [0.2, 0.25) is 0 Å². The molecule has 0 unspecified atom stereocenters. The van der Waals surface area contributed by atoms with Crippen molar-refractivity contribution in [2.75, 3.05) is 13.1 Å². The van der Waals surface area contributed by atoms with Gasteiger partial charge in [0.15, 0.2) is 5.78 Å². The molecule has 3 rings (SSSR count). The van der Waals surface area contributed by atoms with Crippen LogP contribution in [0.3, 0.4) is 0 Å². The summed E-state index contributed by atoms with van der Waals surface area (Å²) in [5.41, 5.74) is 0.439. The topological polar surface area (TPSA) is 57.6 Å². The molecule has 0 aromatic heterocycles. The van der Waals surface area contributed by atoms with Crippen LogP contribution in [0.15, 0.2) is 48.5 Å². The number of carboxylic acids is 1. The maximum atomic E-state index is 13.0. The van der Waals surface area contributed by atoms with E-state index in [-0.39, 0.29) is 23.7 Å². The maximum absolute atomic E-state index is 13.0. The van der Waals surface area contributed by atoms with Gasteiger partial charge in [0.05, 0.1) is 11.5 Å². The molecule has 27 heavy (non-hydrogen) atoms. The lowest BCUT2D eigenvalue weighted by molar-refractivity contribution is -0.147. The molecule has 1 N–H and O–H groups in total. The van der Waals surface area contributed by atoms with Gasteiger partial charge >= 0.3 is 12.1 Å². The van der Waals surface area contributed by atoms with Crippen LogP contribution in [0.2, 0.25) is 0 Å². The second-order valence-corrected chi connectivity index (χ2v) is 6.68. The van der Waals surface area contributed by atoms with Gasteiger partial charge in [0, 0.05) is 31.6 Å². The molecule has 0 saturated carbocycles. The molecular formula is C20H18F3NO3. The first-order valence-electron chi connectivity index (χ1n) is 8.46. The van der Waals surface area contributed by atoms with E-state index < -0.39 is 17.7 Å². The Morgan fingerprint density at radius 1 is 1.04 bits per heavy atom. The van der Waals surface area contributed by atoms with Crippen LogP contribution in [0.4, 0.5) is 13.2 Å². The molecule has 1 aliphatic rings. The number of rotatable bonds is 6. The molecular weight excluding hydrogens is 359 g/mol. The van der Waals surface area contributed by atoms with E-state index in [2.05, 4.69) is 0 Å². The highest BCUT2D eigenvalue weighted by molar-refractivity contribution is 5.97. The average Bonchev–Trinajstić information content (AvgIpc) is 2.57. The lowest BCUT2D eigenvalue weighted by Crippen LogP contribution is -2.49. The Kier molecular flexibility index (Phi) is 5.32. The van der Waals surface area contributed by atoms with Gasteiger partial charge in [-0.3, -0.25) is 14.5 Å². The van der Waals surface area contributed by atoms with E-state index in [0.29, 0.717) is 25.2 Å². The number of carbonyl (C=O) groups is 2. The van der Waals surface area contributed by atoms with E-state index in [4.69, 9.17) is 5.11 Å². The molecule has 7 heteroatoms. The van der Waals surface area contributed by atoms with E-state index in [0.717, 1.165) is 11.6 Å². The Morgan fingerprint density at radius 3 is 2.26 bits per heavy atom. The van der Waals surface area contributed by atoms with Gasteiger partial charge in [0.25, 0.3) is 0 Å². The number of ketones is 1. The zero-order valence-electron chi connectivity index (χ0n) is 14.4. The lowest BCUT2D eigenvalue weighted by Gasteiger charge is -2.36. The molecule has 0 atom stereocenters. The van der Waals surface area contributed by atoms with Crippen molar-refractivity contribution in [1.29, 1.82) is 0 Å². The average molecular weight is 377 g/mol. The number of hydrogen-bond donors (Lipinski definition) is 1. The van der Waals surface area contributed by atoms with E-state index in [1.807, 2.05) is 4.90 Å². The van der Waals surface area contributed by atoms with Crippen molar-refractivity contribution in [2.45, 2.75) is 19.1 Å². The third kappa shape index (κ3) is 4.54. The van der Waals surface area contributed by atoms with E-state index in [9.17, 15) is 22.8 Å². The summed E-state index contributed by atoms with van der Waals surface area (Å²) in [6.07, 6.45) is -4.81. The van der Waals surface area contributed by atoms with E-state index in [1.165, 1.54) is 18.2 Å². The summed E-state index contributed by atoms with van der Waals surface area (Å²) in [7, 11) is 0. The smallest absolute Gasteiger partial charge is 0.416 e. The fraction of sp³-hybridized carbons (Fsp3) is 0.300. The standard InChI is InChI=1S/C20H18F3NO3/c21-20(22,23)17-4-2-1-3-15(17)9-18(25)14-7-5-13(6-8-14)10-24-11-16(12-24)19(26)27/h1-8,16H,9-12H2,(H,26,27). The lowest BCUT2D eigenvalue weighted by atomic mass is 9.97. The summed E-state index contributed by atoms with van der Waals surface area (Å²) in [6.45, 7) is 1.56. The molecule has 1 saturated heterocycles. The Labute approximate surface area is 154 Å². The summed E-state index contributed by atoms with van der Waals surface area (Å²) in [4.78, 5) is 25.2. The van der Waals surface area contributed by atoms with Crippen LogP contribution in [0.1, 0.15) is 27.0 Å². The van der Waals surface area contributed by atoms with Crippen molar-refractivity contribution in [2.24, 2.45) is 5.92 Å². The van der Waals surface area contributed by atoms with Gasteiger partial charge in [-0.2, -0.15) is 13.2 Å². The fourth-order valence-electron chi connectivity index (χ4n) is 3.14. The van der Waals surface area contributed by atoms with Crippen LogP contribution in [0.5, 0.6) is 0 Å². The molecule has 1 heterocycles. The number of carbonyl (C=O) groups excluding carboxylic acids is 1. The number of benzene rings is 2. The van der Waals surface area contributed by atoms with E-state index >= 15 is 0 Å². The van der Waals surface area contributed by atoms with Crippen molar-refractivity contribution in [3.8, 4) is 0 Å². The molecule has 0 spiro atoms. The minimum absolute atomic E-state index is 0.0423. The van der Waals surface area contributed by atoms with Crippen molar-refractivity contribution in [1.82, 2.24) is 4.90 Å². The van der Waals surface area contributed by atoms with Crippen molar-refractivity contribution < 1.29 is 27.9 Å². The summed E-state index contributed by atoms with van der Waals surface area (Å²) in [5.74, 6) is -1.51. The molecule has 0 bridgehead atoms. The molecule has 2 aromatic carbocycles. The van der Waals surface area contributed by atoms with Gasteiger partial charge in [-0.15, -0.1) is 0 Å². The van der Waals surface area contributed by atoms with Crippen LogP contribution in [-0.2, 0) is 23.9 Å². The molecule has 2 aromatic rings. The Balaban J connectivity index is 1.63. The molecule has 1 aliphatic heterocycles. The number of nitrogens with zero attached hydrogens (tertiary/aromatic N) is 1. The molecule has 1 fully saturated rings. The molecule has 4 nitrogen and oxygen atoms in total. The minimum Gasteiger partial charge on any atom is -0.481 e. The summed E-state index contributed by atoms with van der Waals surface area (Å²) in [6, 6.07) is 11.8. The monoisotopic (exact) mass is 377 g/mol. The van der Waals surface area contributed by atoms with Crippen molar-refractivity contribution in [3.05, 3.63) is 70.8 Å². The number of carboxylic acid groups (broad SMARTS) is 1. The second kappa shape index (κ2) is 7.52. The highest BCUT2D eigenvalue weighted by Crippen LogP contribution is 2.32. The molecule has 0 amide bonds. The summed E-state index contributed by atoms with van der Waals surface area (Å²) in [5, 5.41) is 8.87. The van der Waals surface area contributed by atoms with Crippen molar-refractivity contribution in [3.63, 3.8) is 0 Å². The van der Waals surface area contributed by atoms with Crippen LogP contribution in [-0.4, -0.2) is 34.8 Å². The number of halogens is 3. The number of aliphatic carboxylic acids is 1. The maximum Gasteiger partial charge on any atom is 0.416 e. The zero-order valence-corrected chi connectivity index (χ0v) is 14.4. The Bertz CT molecular complexity index is 840. The zero-order chi connectivity index (χ0) is 19.6. The highest BCUT2D eigenvalue weighted by Gasteiger charge is 2.33. The number of hydrogen-bond acceptors (Lipinski definition) is 3. The first kappa shape index (κ1) is 19.1. The SMILES string of the molecule is O=C(Cc1ccccc1C(F)(F)F)c1ccc(CN2CC(C(=O)O)C2)cc1. The highest BCUT2D eigenvalue weighted by atomic mass is 19.4. The normalized spacial score (nSPS) is 15.4. The summed E-state index contributed by atoms with van der Waals surface area (Å²) < 4.78 is 39.1. The predicted octanol–water partition coefficient (Wildman–Crippen LogP) is 3.65. The number of alkyl halides is 3. The van der Waals surface area contributed by atoms with Gasteiger partial charge < -0.3 is 5.11 Å². The second-order valence-electron chi connectivity index (χ2n) is 6.68. The Hall–Kier alpha value is -2.67. The fourth-order valence-corrected chi connectivity index (χ4v) is 3.14. The minimum atomic E-state index is -4.49. The van der Waals surface area contributed by atoms with E-state index in [1.54, 1.807) is 24.3 Å². The first-order chi connectivity index (χ1) is 12.7. The van der Waals surface area contributed by atoms with Gasteiger partial charge in [0.1, 0.15) is 0 Å². The molecule has 142 valence electrons. The molecule has 0 radical (unpaired) electrons. The number of Topliss-reactive ketones (excluding diaryl/α,β-unsaturated/α-hetero) is 1. The quantitative estimate of drug-likeness (QED) is 0.781. The van der Waals surface area contributed by atoms with Gasteiger partial charge in [-0.1, -0.05) is 42.5 Å². The van der Waals surface area contributed by atoms with Gasteiger partial charge in [-0.25, -0.2) is 0 Å². The third-order valence-corrected chi connectivity index (χ3v) is 4.66. The van der Waals surface area contributed by atoms with Crippen LogP contribution in [0.25, 0.3) is 0 Å². The van der Waals surface area contributed by atoms with Crippen LogP contribution >= 0.6 is 0 Å². The van der Waals surface area contributed by atoms with Gasteiger partial charge in [-0.05, 0) is 17.2 Å². The largest absolute Gasteiger partial charge is 0.481 e. The Morgan fingerprint density at radius 2 is 1.67 bits per heavy atom. The number of likely N-dealkylation sites (tertiary alicyclic amines) is 1. The van der Waals surface area contributed by atoms with Crippen LogP contribution in [0, 0.1) is 5.92 Å². The van der Waals surface area contributed by atoms with Crippen LogP contribution < -0.4 is 0 Å². The third-order valence-electron chi connectivity index (χ3n) is 4.66. The first-order valence-corrected chi connectivity index (χ1v) is 8.46. The molecule has 0 aliphatic carbocycles. The predicted molar refractivity (Wildman–Crippen MR) is 92.3 cm³/mol. The summed E-state index contributed by atoms with van der Waals surface area (Å²) >= 11 is 0.